The van der Waals surface area contributed by atoms with Gasteiger partial charge in [-0.1, -0.05) is 0 Å². The molecule has 0 aromatic rings. The lowest BCUT2D eigenvalue weighted by Gasteiger charge is -2.47. The molecule has 0 N–H and O–H groups in total. The molecule has 7 heteroatoms. The lowest BCUT2D eigenvalue weighted by atomic mass is 10.5. The van der Waals surface area contributed by atoms with Gasteiger partial charge in [0.05, 0.1) is 72.4 Å². The van der Waals surface area contributed by atoms with Gasteiger partial charge in [-0.2, -0.15) is 0 Å². The molecule has 0 aromatic heterocycles. The van der Waals surface area contributed by atoms with Crippen LogP contribution in [0.3, 0.4) is 0 Å². The van der Waals surface area contributed by atoms with Crippen molar-refractivity contribution in [3.8, 4) is 0 Å². The average Bonchev–Trinajstić information content (AvgIpc) is 2.85. The molecule has 0 radical (unpaired) electrons. The van der Waals surface area contributed by atoms with Gasteiger partial charge in [-0.25, -0.2) is 0 Å². The van der Waals surface area contributed by atoms with Crippen LogP contribution in [0.1, 0.15) is 6.42 Å². The molecule has 3 aliphatic heterocycles. The third-order valence-electron chi connectivity index (χ3n) is 4.78. The average molecular weight is 318 g/mol. The van der Waals surface area contributed by atoms with E-state index in [0.29, 0.717) is 0 Å². The Balaban J connectivity index is 1.80. The van der Waals surface area contributed by atoms with Crippen LogP contribution in [-0.4, -0.2) is 99.6 Å². The fourth-order valence-electron chi connectivity index (χ4n) is 3.51. The first-order chi connectivity index (χ1) is 10.3. The van der Waals surface area contributed by atoms with Gasteiger partial charge in [0.2, 0.25) is 7.71 Å². The molecule has 0 amide bonds. The summed E-state index contributed by atoms with van der Waals surface area (Å²) >= 11 is 0. The van der Waals surface area contributed by atoms with Gasteiger partial charge in [-0.15, -0.1) is 14.0 Å². The predicted molar refractivity (Wildman–Crippen MR) is 84.6 cm³/mol. The van der Waals surface area contributed by atoms with Gasteiger partial charge in [0.1, 0.15) is 0 Å². The summed E-state index contributed by atoms with van der Waals surface area (Å²) in [5, 5.41) is 0. The van der Waals surface area contributed by atoms with Crippen molar-refractivity contribution in [2.45, 2.75) is 6.42 Å². The second kappa shape index (κ2) is 7.64. The molecule has 21 heavy (non-hydrogen) atoms. The van der Waals surface area contributed by atoms with Crippen molar-refractivity contribution in [3.63, 3.8) is 0 Å². The lowest BCUT2D eigenvalue weighted by Crippen LogP contribution is -2.51. The van der Waals surface area contributed by atoms with Crippen LogP contribution in [-0.2, 0) is 14.2 Å². The van der Waals surface area contributed by atoms with Crippen molar-refractivity contribution >= 4 is 7.71 Å². The van der Waals surface area contributed by atoms with E-state index in [-0.39, 0.29) is 0 Å². The molecule has 0 aromatic carbocycles. The highest BCUT2D eigenvalue weighted by molar-refractivity contribution is 7.68. The van der Waals surface area contributed by atoms with Gasteiger partial charge < -0.3 is 14.2 Å². The largest absolute Gasteiger partial charge is 0.380 e. The molecule has 3 heterocycles. The van der Waals surface area contributed by atoms with Crippen LogP contribution in [0.2, 0.25) is 0 Å². The number of morpholine rings is 2. The van der Waals surface area contributed by atoms with Crippen molar-refractivity contribution in [2.75, 3.05) is 85.6 Å². The Morgan fingerprint density at radius 2 is 0.952 bits per heavy atom. The Labute approximate surface area is 128 Å². The first kappa shape index (κ1) is 16.1. The zero-order valence-electron chi connectivity index (χ0n) is 13.2. The number of nitrogens with zero attached hydrogens (tertiary/aromatic N) is 3. The first-order valence-electron chi connectivity index (χ1n) is 8.18. The van der Waals surface area contributed by atoms with Crippen molar-refractivity contribution in [1.29, 1.82) is 0 Å². The minimum atomic E-state index is -1.46. The van der Waals surface area contributed by atoms with Crippen LogP contribution in [0.4, 0.5) is 0 Å². The zero-order chi connectivity index (χ0) is 14.5. The van der Waals surface area contributed by atoms with Crippen LogP contribution in [0.15, 0.2) is 0 Å². The second-order valence-corrected chi connectivity index (χ2v) is 9.35. The topological polar surface area (TPSA) is 37.4 Å². The van der Waals surface area contributed by atoms with Crippen molar-refractivity contribution in [1.82, 2.24) is 14.0 Å². The SMILES string of the molecule is C[P+](N1CCCOCC1)(N1CCOCC1)N1CCOCC1. The lowest BCUT2D eigenvalue weighted by molar-refractivity contribution is 0.0498. The number of rotatable bonds is 3. The Morgan fingerprint density at radius 3 is 1.43 bits per heavy atom. The Bertz CT molecular complexity index is 297. The highest BCUT2D eigenvalue weighted by Gasteiger charge is 2.52. The van der Waals surface area contributed by atoms with Crippen LogP contribution in [0.25, 0.3) is 0 Å². The third kappa shape index (κ3) is 3.58. The van der Waals surface area contributed by atoms with E-state index in [1.165, 1.54) is 0 Å². The Hall–Kier alpha value is 0.190. The van der Waals surface area contributed by atoms with E-state index in [1.807, 2.05) is 0 Å². The van der Waals surface area contributed by atoms with E-state index in [1.54, 1.807) is 0 Å². The van der Waals surface area contributed by atoms with Gasteiger partial charge in [-0.3, -0.25) is 0 Å². The summed E-state index contributed by atoms with van der Waals surface area (Å²) in [6.45, 7) is 14.2. The van der Waals surface area contributed by atoms with E-state index < -0.39 is 7.71 Å². The molecule has 122 valence electrons. The summed E-state index contributed by atoms with van der Waals surface area (Å²) in [6, 6.07) is 0. The van der Waals surface area contributed by atoms with Gasteiger partial charge in [0, 0.05) is 13.2 Å². The van der Waals surface area contributed by atoms with Gasteiger partial charge in [0.25, 0.3) is 0 Å². The first-order valence-corrected chi connectivity index (χ1v) is 10.3. The summed E-state index contributed by atoms with van der Waals surface area (Å²) in [5.41, 5.74) is 0. The van der Waals surface area contributed by atoms with E-state index in [9.17, 15) is 0 Å². The van der Waals surface area contributed by atoms with Crippen molar-refractivity contribution in [2.24, 2.45) is 0 Å². The molecule has 0 bridgehead atoms. The van der Waals surface area contributed by atoms with Crippen LogP contribution < -0.4 is 0 Å². The van der Waals surface area contributed by atoms with E-state index in [2.05, 4.69) is 20.7 Å². The zero-order valence-corrected chi connectivity index (χ0v) is 14.1. The fraction of sp³-hybridized carbons (Fsp3) is 1.00. The maximum atomic E-state index is 5.68. The molecule has 3 aliphatic rings. The molecular formula is C14H29N3O3P+. The second-order valence-electron chi connectivity index (χ2n) is 5.92. The molecule has 0 saturated carbocycles. The molecule has 0 spiro atoms. The minimum absolute atomic E-state index is 0.865. The molecule has 3 rings (SSSR count). The maximum Gasteiger partial charge on any atom is 0.224 e. The van der Waals surface area contributed by atoms with E-state index >= 15 is 0 Å². The summed E-state index contributed by atoms with van der Waals surface area (Å²) < 4.78 is 25.0. The van der Waals surface area contributed by atoms with Gasteiger partial charge >= 0.3 is 0 Å². The summed E-state index contributed by atoms with van der Waals surface area (Å²) in [5.74, 6) is 0. The highest BCUT2D eigenvalue weighted by Crippen LogP contribution is 2.64. The minimum Gasteiger partial charge on any atom is -0.380 e. The Morgan fingerprint density at radius 1 is 0.571 bits per heavy atom. The normalized spacial score (nSPS) is 28.4. The van der Waals surface area contributed by atoms with Crippen LogP contribution in [0.5, 0.6) is 0 Å². The Kier molecular flexibility index (Phi) is 5.85. The number of hydrogen-bond donors (Lipinski definition) is 0. The van der Waals surface area contributed by atoms with Crippen LogP contribution >= 0.6 is 7.71 Å². The van der Waals surface area contributed by atoms with Crippen molar-refractivity contribution in [3.05, 3.63) is 0 Å². The monoisotopic (exact) mass is 318 g/mol. The van der Waals surface area contributed by atoms with E-state index in [0.717, 1.165) is 85.3 Å². The predicted octanol–water partition coefficient (Wildman–Crippen LogP) is 0.766. The summed E-state index contributed by atoms with van der Waals surface area (Å²) in [4.78, 5) is 0. The number of ether oxygens (including phenoxy) is 3. The fourth-order valence-corrected chi connectivity index (χ4v) is 7.41. The quantitative estimate of drug-likeness (QED) is 0.716. The summed E-state index contributed by atoms with van der Waals surface area (Å²) in [6.07, 6.45) is 1.14. The molecule has 0 aliphatic carbocycles. The number of hydrogen-bond acceptors (Lipinski definition) is 6. The molecule has 3 saturated heterocycles. The molecule has 3 fully saturated rings. The molecular weight excluding hydrogens is 289 g/mol. The highest BCUT2D eigenvalue weighted by atomic mass is 31.2. The standard InChI is InChI=1S/C14H29N3O3P/c1-21(16-5-11-19-12-6-16,17-7-13-20-14-8-17)15-3-2-9-18-10-4-15/h2-14H2,1H3/q+1. The van der Waals surface area contributed by atoms with Gasteiger partial charge in [-0.05, 0) is 6.42 Å². The van der Waals surface area contributed by atoms with Crippen molar-refractivity contribution < 1.29 is 14.2 Å². The smallest absolute Gasteiger partial charge is 0.224 e. The molecule has 6 nitrogen and oxygen atoms in total. The van der Waals surface area contributed by atoms with Crippen LogP contribution in [0, 0.1) is 0 Å². The molecule has 0 atom stereocenters. The maximum absolute atomic E-state index is 5.68. The summed E-state index contributed by atoms with van der Waals surface area (Å²) in [7, 11) is -1.46. The molecule has 0 unspecified atom stereocenters. The van der Waals surface area contributed by atoms with Gasteiger partial charge in [0.15, 0.2) is 0 Å². The third-order valence-corrected chi connectivity index (χ3v) is 9.20. The van der Waals surface area contributed by atoms with E-state index in [4.69, 9.17) is 14.2 Å².